The summed E-state index contributed by atoms with van der Waals surface area (Å²) < 4.78 is 53.7. The molecular weight excluding hydrogens is 282 g/mol. The lowest BCUT2D eigenvalue weighted by molar-refractivity contribution is 0.496. The summed E-state index contributed by atoms with van der Waals surface area (Å²) in [5.41, 5.74) is 0.444. The summed E-state index contributed by atoms with van der Waals surface area (Å²) in [7, 11) is 0. The standard InChI is InChI=1S/C16H15F4N/c1-2-5-21-9-11-4-3-10(6-13(11)17)12-7-15(19)16(20)8-14(12)18/h3-4,6-8,21H,2,5,9H2,1H3. The number of rotatable bonds is 5. The Hall–Kier alpha value is -1.88. The van der Waals surface area contributed by atoms with Gasteiger partial charge in [0.1, 0.15) is 11.6 Å². The summed E-state index contributed by atoms with van der Waals surface area (Å²) in [4.78, 5) is 0. The number of nitrogens with one attached hydrogen (secondary N) is 1. The van der Waals surface area contributed by atoms with Gasteiger partial charge in [-0.1, -0.05) is 19.1 Å². The third-order valence-corrected chi connectivity index (χ3v) is 3.12. The lowest BCUT2D eigenvalue weighted by Crippen LogP contribution is -2.14. The van der Waals surface area contributed by atoms with Crippen LogP contribution in [0.15, 0.2) is 30.3 Å². The lowest BCUT2D eigenvalue weighted by atomic mass is 10.0. The maximum atomic E-state index is 13.9. The van der Waals surface area contributed by atoms with E-state index in [4.69, 9.17) is 0 Å². The number of halogens is 4. The van der Waals surface area contributed by atoms with Gasteiger partial charge < -0.3 is 5.32 Å². The molecule has 0 heterocycles. The fraction of sp³-hybridized carbons (Fsp3) is 0.250. The topological polar surface area (TPSA) is 12.0 Å². The molecule has 0 aliphatic heterocycles. The zero-order chi connectivity index (χ0) is 15.4. The van der Waals surface area contributed by atoms with Crippen molar-refractivity contribution in [3.05, 3.63) is 59.2 Å². The van der Waals surface area contributed by atoms with E-state index < -0.39 is 23.3 Å². The molecule has 0 spiro atoms. The normalized spacial score (nSPS) is 10.9. The van der Waals surface area contributed by atoms with Crippen LogP contribution < -0.4 is 5.32 Å². The number of benzene rings is 2. The molecule has 1 N–H and O–H groups in total. The zero-order valence-corrected chi connectivity index (χ0v) is 11.5. The molecule has 5 heteroatoms. The minimum absolute atomic E-state index is 0.166. The van der Waals surface area contributed by atoms with Crippen molar-refractivity contribution in [2.24, 2.45) is 0 Å². The highest BCUT2D eigenvalue weighted by Gasteiger charge is 2.13. The van der Waals surface area contributed by atoms with Gasteiger partial charge in [-0.15, -0.1) is 0 Å². The number of hydrogen-bond donors (Lipinski definition) is 1. The molecule has 0 atom stereocenters. The van der Waals surface area contributed by atoms with Crippen molar-refractivity contribution in [2.45, 2.75) is 19.9 Å². The molecule has 112 valence electrons. The van der Waals surface area contributed by atoms with Crippen LogP contribution in [0.2, 0.25) is 0 Å². The third-order valence-electron chi connectivity index (χ3n) is 3.12. The first-order valence-electron chi connectivity index (χ1n) is 6.67. The summed E-state index contributed by atoms with van der Waals surface area (Å²) in [5, 5.41) is 3.06. The van der Waals surface area contributed by atoms with E-state index in [1.54, 1.807) is 0 Å². The summed E-state index contributed by atoms with van der Waals surface area (Å²) in [6.45, 7) is 3.12. The first-order valence-corrected chi connectivity index (χ1v) is 6.67. The van der Waals surface area contributed by atoms with Crippen LogP contribution in [0.4, 0.5) is 17.6 Å². The Labute approximate surface area is 120 Å². The zero-order valence-electron chi connectivity index (χ0n) is 11.5. The van der Waals surface area contributed by atoms with E-state index in [2.05, 4.69) is 5.32 Å². The van der Waals surface area contributed by atoms with Gasteiger partial charge >= 0.3 is 0 Å². The van der Waals surface area contributed by atoms with Crippen molar-refractivity contribution in [3.63, 3.8) is 0 Å². The van der Waals surface area contributed by atoms with Crippen molar-refractivity contribution in [1.29, 1.82) is 0 Å². The van der Waals surface area contributed by atoms with E-state index in [1.165, 1.54) is 12.1 Å². The average Bonchev–Trinajstić information content (AvgIpc) is 2.45. The van der Waals surface area contributed by atoms with E-state index in [0.29, 0.717) is 18.2 Å². The predicted octanol–water partition coefficient (Wildman–Crippen LogP) is 4.41. The van der Waals surface area contributed by atoms with Gasteiger partial charge in [0.25, 0.3) is 0 Å². The van der Waals surface area contributed by atoms with Crippen LogP contribution in [-0.2, 0) is 6.54 Å². The van der Waals surface area contributed by atoms with Crippen molar-refractivity contribution in [2.75, 3.05) is 6.54 Å². The van der Waals surface area contributed by atoms with Gasteiger partial charge in [0.05, 0.1) is 0 Å². The monoisotopic (exact) mass is 297 g/mol. The van der Waals surface area contributed by atoms with Crippen LogP contribution in [0.1, 0.15) is 18.9 Å². The largest absolute Gasteiger partial charge is 0.313 e. The van der Waals surface area contributed by atoms with Crippen LogP contribution >= 0.6 is 0 Å². The van der Waals surface area contributed by atoms with E-state index in [9.17, 15) is 17.6 Å². The molecule has 0 aromatic heterocycles. The second-order valence-corrected chi connectivity index (χ2v) is 4.73. The summed E-state index contributed by atoms with van der Waals surface area (Å²) >= 11 is 0. The molecule has 2 rings (SSSR count). The SMILES string of the molecule is CCCNCc1ccc(-c2cc(F)c(F)cc2F)cc1F. The van der Waals surface area contributed by atoms with Crippen LogP contribution in [0.3, 0.4) is 0 Å². The molecule has 0 unspecified atom stereocenters. The van der Waals surface area contributed by atoms with Crippen molar-refractivity contribution < 1.29 is 17.6 Å². The highest BCUT2D eigenvalue weighted by Crippen LogP contribution is 2.26. The molecule has 0 fully saturated rings. The summed E-state index contributed by atoms with van der Waals surface area (Å²) in [6, 6.07) is 5.31. The minimum atomic E-state index is -1.27. The van der Waals surface area contributed by atoms with Gasteiger partial charge in [-0.05, 0) is 30.7 Å². The predicted molar refractivity (Wildman–Crippen MR) is 73.7 cm³/mol. The second kappa shape index (κ2) is 6.72. The van der Waals surface area contributed by atoms with Crippen LogP contribution in [0.25, 0.3) is 11.1 Å². The van der Waals surface area contributed by atoms with Gasteiger partial charge in [0.2, 0.25) is 0 Å². The molecular formula is C16H15F4N. The van der Waals surface area contributed by atoms with Gasteiger partial charge in [-0.2, -0.15) is 0 Å². The molecule has 0 amide bonds. The maximum Gasteiger partial charge on any atom is 0.161 e. The maximum absolute atomic E-state index is 13.9. The van der Waals surface area contributed by atoms with Gasteiger partial charge in [0, 0.05) is 23.7 Å². The van der Waals surface area contributed by atoms with Gasteiger partial charge in [-0.25, -0.2) is 17.6 Å². The van der Waals surface area contributed by atoms with Crippen molar-refractivity contribution in [1.82, 2.24) is 5.32 Å². The van der Waals surface area contributed by atoms with Crippen molar-refractivity contribution in [3.8, 4) is 11.1 Å². The van der Waals surface area contributed by atoms with Crippen LogP contribution in [0, 0.1) is 23.3 Å². The van der Waals surface area contributed by atoms with E-state index in [1.807, 2.05) is 6.92 Å². The van der Waals surface area contributed by atoms with Crippen LogP contribution in [-0.4, -0.2) is 6.54 Å². The van der Waals surface area contributed by atoms with E-state index in [-0.39, 0.29) is 11.1 Å². The summed E-state index contributed by atoms with van der Waals surface area (Å²) in [5.74, 6) is -3.87. The van der Waals surface area contributed by atoms with E-state index in [0.717, 1.165) is 25.1 Å². The molecule has 21 heavy (non-hydrogen) atoms. The Balaban J connectivity index is 2.30. The molecule has 0 aliphatic carbocycles. The van der Waals surface area contributed by atoms with E-state index >= 15 is 0 Å². The highest BCUT2D eigenvalue weighted by atomic mass is 19.2. The quantitative estimate of drug-likeness (QED) is 0.490. The Kier molecular flexibility index (Phi) is 4.96. The smallest absolute Gasteiger partial charge is 0.161 e. The van der Waals surface area contributed by atoms with Crippen LogP contribution in [0.5, 0.6) is 0 Å². The first-order chi connectivity index (χ1) is 10.0. The minimum Gasteiger partial charge on any atom is -0.313 e. The first kappa shape index (κ1) is 15.5. The number of hydrogen-bond acceptors (Lipinski definition) is 1. The molecule has 0 saturated heterocycles. The van der Waals surface area contributed by atoms with Gasteiger partial charge in [-0.3, -0.25) is 0 Å². The fourth-order valence-corrected chi connectivity index (χ4v) is 2.00. The Morgan fingerprint density at radius 1 is 0.857 bits per heavy atom. The molecule has 0 radical (unpaired) electrons. The third kappa shape index (κ3) is 3.61. The highest BCUT2D eigenvalue weighted by molar-refractivity contribution is 5.64. The average molecular weight is 297 g/mol. The molecule has 1 nitrogen and oxygen atoms in total. The molecule has 2 aromatic carbocycles. The Morgan fingerprint density at radius 2 is 1.57 bits per heavy atom. The molecule has 2 aromatic rings. The van der Waals surface area contributed by atoms with Gasteiger partial charge in [0.15, 0.2) is 11.6 Å². The molecule has 0 saturated carbocycles. The summed E-state index contributed by atoms with van der Waals surface area (Å²) in [6.07, 6.45) is 0.930. The molecule has 0 bridgehead atoms. The molecule has 0 aliphatic rings. The second-order valence-electron chi connectivity index (χ2n) is 4.73. The lowest BCUT2D eigenvalue weighted by Gasteiger charge is -2.09. The fourth-order valence-electron chi connectivity index (χ4n) is 2.00. The Morgan fingerprint density at radius 3 is 2.24 bits per heavy atom. The Bertz CT molecular complexity index is 640. The van der Waals surface area contributed by atoms with Crippen molar-refractivity contribution >= 4 is 0 Å².